The third kappa shape index (κ3) is 5.28. The van der Waals surface area contributed by atoms with Gasteiger partial charge < -0.3 is 9.88 Å². The van der Waals surface area contributed by atoms with E-state index in [4.69, 9.17) is 0 Å². The summed E-state index contributed by atoms with van der Waals surface area (Å²) in [6, 6.07) is 0.525. The molecule has 1 aromatic heterocycles. The van der Waals surface area contributed by atoms with E-state index in [0.29, 0.717) is 17.4 Å². The van der Waals surface area contributed by atoms with Gasteiger partial charge in [-0.15, -0.1) is 0 Å². The van der Waals surface area contributed by atoms with Gasteiger partial charge in [0.15, 0.2) is 0 Å². The number of nitrogens with zero attached hydrogens (tertiary/aromatic N) is 2. The standard InChI is InChI=1S/C17H33N3/c1-7-9-18-15(12-14(3)17(4,5)6)13-16-19-10-11-20(16)8-2/h10-11,14-15,18H,7-9,12-13H2,1-6H3. The van der Waals surface area contributed by atoms with Crippen LogP contribution in [0.4, 0.5) is 0 Å². The number of imidazole rings is 1. The van der Waals surface area contributed by atoms with Crippen LogP contribution in [0.2, 0.25) is 0 Å². The number of rotatable bonds is 8. The van der Waals surface area contributed by atoms with Crippen molar-refractivity contribution in [3.8, 4) is 0 Å². The predicted octanol–water partition coefficient (Wildman–Crippen LogP) is 3.89. The molecule has 1 N–H and O–H groups in total. The highest BCUT2D eigenvalue weighted by Crippen LogP contribution is 2.29. The van der Waals surface area contributed by atoms with E-state index in [0.717, 1.165) is 19.5 Å². The van der Waals surface area contributed by atoms with Crippen molar-refractivity contribution in [2.45, 2.75) is 73.4 Å². The fraction of sp³-hybridized carbons (Fsp3) is 0.824. The van der Waals surface area contributed by atoms with Crippen molar-refractivity contribution in [3.63, 3.8) is 0 Å². The molecule has 0 bridgehead atoms. The zero-order chi connectivity index (χ0) is 15.2. The minimum Gasteiger partial charge on any atom is -0.335 e. The van der Waals surface area contributed by atoms with Gasteiger partial charge in [0.05, 0.1) is 0 Å². The van der Waals surface area contributed by atoms with E-state index in [1.807, 2.05) is 6.20 Å². The molecule has 0 amide bonds. The number of aromatic nitrogens is 2. The summed E-state index contributed by atoms with van der Waals surface area (Å²) in [4.78, 5) is 4.53. The summed E-state index contributed by atoms with van der Waals surface area (Å²) >= 11 is 0. The van der Waals surface area contributed by atoms with E-state index in [1.165, 1.54) is 18.7 Å². The first-order valence-corrected chi connectivity index (χ1v) is 8.11. The van der Waals surface area contributed by atoms with Gasteiger partial charge in [0.2, 0.25) is 0 Å². The maximum absolute atomic E-state index is 4.53. The number of aryl methyl sites for hydroxylation is 1. The number of hydrogen-bond acceptors (Lipinski definition) is 2. The Morgan fingerprint density at radius 1 is 1.30 bits per heavy atom. The number of hydrogen-bond donors (Lipinski definition) is 1. The Bertz CT molecular complexity index is 376. The van der Waals surface area contributed by atoms with Crippen molar-refractivity contribution in [2.24, 2.45) is 11.3 Å². The van der Waals surface area contributed by atoms with Crippen LogP contribution >= 0.6 is 0 Å². The van der Waals surface area contributed by atoms with Gasteiger partial charge in [-0.1, -0.05) is 34.6 Å². The average molecular weight is 279 g/mol. The molecular formula is C17H33N3. The van der Waals surface area contributed by atoms with E-state index in [-0.39, 0.29) is 0 Å². The molecule has 0 aliphatic heterocycles. The number of nitrogens with one attached hydrogen (secondary N) is 1. The van der Waals surface area contributed by atoms with Crippen molar-refractivity contribution < 1.29 is 0 Å². The Hall–Kier alpha value is -0.830. The monoisotopic (exact) mass is 279 g/mol. The summed E-state index contributed by atoms with van der Waals surface area (Å²) < 4.78 is 2.25. The van der Waals surface area contributed by atoms with Crippen molar-refractivity contribution in [1.29, 1.82) is 0 Å². The van der Waals surface area contributed by atoms with Gasteiger partial charge >= 0.3 is 0 Å². The fourth-order valence-electron chi connectivity index (χ4n) is 2.41. The molecule has 1 aromatic rings. The highest BCUT2D eigenvalue weighted by Gasteiger charge is 2.24. The zero-order valence-electron chi connectivity index (χ0n) is 14.2. The van der Waals surface area contributed by atoms with E-state index in [1.54, 1.807) is 0 Å². The highest BCUT2D eigenvalue weighted by atomic mass is 15.1. The Labute approximate surface area is 125 Å². The minimum absolute atomic E-state index is 0.367. The van der Waals surface area contributed by atoms with E-state index < -0.39 is 0 Å². The van der Waals surface area contributed by atoms with Crippen molar-refractivity contribution >= 4 is 0 Å². The molecule has 0 fully saturated rings. The predicted molar refractivity (Wildman–Crippen MR) is 86.9 cm³/mol. The Morgan fingerprint density at radius 2 is 2.00 bits per heavy atom. The molecule has 0 aliphatic rings. The fourth-order valence-corrected chi connectivity index (χ4v) is 2.41. The molecule has 0 spiro atoms. The molecule has 2 unspecified atom stereocenters. The van der Waals surface area contributed by atoms with Crippen molar-refractivity contribution in [2.75, 3.05) is 6.54 Å². The Kier molecular flexibility index (Phi) is 6.74. The molecule has 0 radical (unpaired) electrons. The van der Waals surface area contributed by atoms with E-state index in [2.05, 4.69) is 62.6 Å². The van der Waals surface area contributed by atoms with Gasteiger partial charge in [0, 0.05) is 31.4 Å². The molecule has 0 aromatic carbocycles. The first kappa shape index (κ1) is 17.2. The first-order valence-electron chi connectivity index (χ1n) is 8.11. The van der Waals surface area contributed by atoms with Crippen LogP contribution in [0, 0.1) is 11.3 Å². The topological polar surface area (TPSA) is 29.9 Å². The van der Waals surface area contributed by atoms with Crippen LogP contribution < -0.4 is 5.32 Å². The van der Waals surface area contributed by atoms with Gasteiger partial charge in [0.25, 0.3) is 0 Å². The second-order valence-corrected chi connectivity index (χ2v) is 6.99. The Morgan fingerprint density at radius 3 is 2.55 bits per heavy atom. The molecule has 0 saturated carbocycles. The van der Waals surface area contributed by atoms with Crippen LogP contribution in [0.15, 0.2) is 12.4 Å². The van der Waals surface area contributed by atoms with Crippen LogP contribution in [0.3, 0.4) is 0 Å². The second kappa shape index (κ2) is 7.82. The molecule has 0 saturated heterocycles. The van der Waals surface area contributed by atoms with Crippen LogP contribution in [0.1, 0.15) is 60.2 Å². The summed E-state index contributed by atoms with van der Waals surface area (Å²) in [6.07, 6.45) is 7.42. The summed E-state index contributed by atoms with van der Waals surface area (Å²) in [6.45, 7) is 15.9. The lowest BCUT2D eigenvalue weighted by atomic mass is 9.78. The van der Waals surface area contributed by atoms with E-state index >= 15 is 0 Å². The molecule has 0 aliphatic carbocycles. The summed E-state index contributed by atoms with van der Waals surface area (Å²) in [5, 5.41) is 3.71. The molecule has 116 valence electrons. The van der Waals surface area contributed by atoms with Crippen molar-refractivity contribution in [3.05, 3.63) is 18.2 Å². The van der Waals surface area contributed by atoms with Gasteiger partial charge in [-0.2, -0.15) is 0 Å². The molecule has 20 heavy (non-hydrogen) atoms. The third-order valence-corrected chi connectivity index (χ3v) is 4.37. The lowest BCUT2D eigenvalue weighted by Gasteiger charge is -2.31. The molecule has 3 heteroatoms. The van der Waals surface area contributed by atoms with Crippen molar-refractivity contribution in [1.82, 2.24) is 14.9 Å². The van der Waals surface area contributed by atoms with Crippen LogP contribution in [0.25, 0.3) is 0 Å². The molecule has 1 heterocycles. The van der Waals surface area contributed by atoms with Gasteiger partial charge in [-0.05, 0) is 37.6 Å². The first-order chi connectivity index (χ1) is 9.38. The molecule has 1 rings (SSSR count). The lowest BCUT2D eigenvalue weighted by Crippen LogP contribution is -2.36. The smallest absolute Gasteiger partial charge is 0.110 e. The largest absolute Gasteiger partial charge is 0.335 e. The van der Waals surface area contributed by atoms with Gasteiger partial charge in [0.1, 0.15) is 5.82 Å². The van der Waals surface area contributed by atoms with Crippen LogP contribution in [-0.2, 0) is 13.0 Å². The molecular weight excluding hydrogens is 246 g/mol. The third-order valence-electron chi connectivity index (χ3n) is 4.37. The molecule has 2 atom stereocenters. The SMILES string of the molecule is CCCNC(Cc1nccn1CC)CC(C)C(C)(C)C. The average Bonchev–Trinajstić information content (AvgIpc) is 2.81. The van der Waals surface area contributed by atoms with Gasteiger partial charge in [-0.3, -0.25) is 0 Å². The minimum atomic E-state index is 0.367. The highest BCUT2D eigenvalue weighted by molar-refractivity contribution is 4.96. The lowest BCUT2D eigenvalue weighted by molar-refractivity contribution is 0.221. The maximum atomic E-state index is 4.53. The quantitative estimate of drug-likeness (QED) is 0.782. The Balaban J connectivity index is 2.69. The maximum Gasteiger partial charge on any atom is 0.110 e. The zero-order valence-corrected chi connectivity index (χ0v) is 14.2. The summed E-state index contributed by atoms with van der Waals surface area (Å²) in [5.41, 5.74) is 0.367. The van der Waals surface area contributed by atoms with Crippen LogP contribution in [-0.4, -0.2) is 22.1 Å². The van der Waals surface area contributed by atoms with Gasteiger partial charge in [-0.25, -0.2) is 4.98 Å². The summed E-state index contributed by atoms with van der Waals surface area (Å²) in [7, 11) is 0. The second-order valence-electron chi connectivity index (χ2n) is 6.99. The van der Waals surface area contributed by atoms with E-state index in [9.17, 15) is 0 Å². The normalized spacial score (nSPS) is 15.3. The molecule has 3 nitrogen and oxygen atoms in total. The van der Waals surface area contributed by atoms with Crippen LogP contribution in [0.5, 0.6) is 0 Å². The summed E-state index contributed by atoms with van der Waals surface area (Å²) in [5.74, 6) is 1.91.